The standard InChI is InChI=1S/C20H22Cl2N2O2/c1-13-5-4-6-15(9-13)11-19(25)24(14(2)20(26)23-3)12-16-7-8-17(21)18(22)10-16/h4-10,14H,11-12H2,1-3H3,(H,23,26)/t14-/m0/s1. The number of nitrogens with one attached hydrogen (secondary N) is 1. The summed E-state index contributed by atoms with van der Waals surface area (Å²) in [5, 5.41) is 3.47. The second-order valence-electron chi connectivity index (χ2n) is 6.23. The van der Waals surface area contributed by atoms with E-state index in [0.717, 1.165) is 16.7 Å². The number of carbonyl (C=O) groups excluding carboxylic acids is 2. The maximum Gasteiger partial charge on any atom is 0.242 e. The highest BCUT2D eigenvalue weighted by Crippen LogP contribution is 2.24. The van der Waals surface area contributed by atoms with Crippen LogP contribution in [0.15, 0.2) is 42.5 Å². The molecule has 0 saturated heterocycles. The Morgan fingerprint density at radius 2 is 1.81 bits per heavy atom. The molecule has 2 rings (SSSR count). The van der Waals surface area contributed by atoms with Crippen LogP contribution in [0.2, 0.25) is 10.0 Å². The number of rotatable bonds is 6. The topological polar surface area (TPSA) is 49.4 Å². The Bertz CT molecular complexity index is 808. The third-order valence-electron chi connectivity index (χ3n) is 4.19. The smallest absolute Gasteiger partial charge is 0.242 e. The number of halogens is 2. The first-order valence-corrected chi connectivity index (χ1v) is 9.08. The van der Waals surface area contributed by atoms with Crippen LogP contribution in [0.1, 0.15) is 23.6 Å². The zero-order chi connectivity index (χ0) is 19.3. The van der Waals surface area contributed by atoms with Crippen molar-refractivity contribution in [2.45, 2.75) is 32.9 Å². The first-order chi connectivity index (χ1) is 12.3. The molecule has 0 aliphatic heterocycles. The molecule has 0 aliphatic carbocycles. The fourth-order valence-corrected chi connectivity index (χ4v) is 3.05. The lowest BCUT2D eigenvalue weighted by atomic mass is 10.1. The van der Waals surface area contributed by atoms with E-state index < -0.39 is 6.04 Å². The van der Waals surface area contributed by atoms with Crippen LogP contribution in [0.3, 0.4) is 0 Å². The third-order valence-corrected chi connectivity index (χ3v) is 4.93. The second-order valence-corrected chi connectivity index (χ2v) is 7.04. The van der Waals surface area contributed by atoms with Crippen LogP contribution in [0.5, 0.6) is 0 Å². The highest BCUT2D eigenvalue weighted by atomic mass is 35.5. The van der Waals surface area contributed by atoms with Gasteiger partial charge in [0.05, 0.1) is 16.5 Å². The van der Waals surface area contributed by atoms with Crippen molar-refractivity contribution in [2.75, 3.05) is 7.05 Å². The fourth-order valence-electron chi connectivity index (χ4n) is 2.72. The average Bonchev–Trinajstić information content (AvgIpc) is 2.61. The van der Waals surface area contributed by atoms with Gasteiger partial charge in [-0.25, -0.2) is 0 Å². The van der Waals surface area contributed by atoms with Crippen LogP contribution in [-0.4, -0.2) is 29.8 Å². The van der Waals surface area contributed by atoms with E-state index in [4.69, 9.17) is 23.2 Å². The molecule has 1 atom stereocenters. The van der Waals surface area contributed by atoms with Crippen LogP contribution < -0.4 is 5.32 Å². The molecule has 0 saturated carbocycles. The number of nitrogens with zero attached hydrogens (tertiary/aromatic N) is 1. The Hall–Kier alpha value is -2.04. The van der Waals surface area contributed by atoms with Crippen molar-refractivity contribution in [1.29, 1.82) is 0 Å². The van der Waals surface area contributed by atoms with Gasteiger partial charge in [-0.3, -0.25) is 9.59 Å². The van der Waals surface area contributed by atoms with Gasteiger partial charge in [-0.1, -0.05) is 59.1 Å². The molecule has 0 bridgehead atoms. The molecule has 4 nitrogen and oxygen atoms in total. The summed E-state index contributed by atoms with van der Waals surface area (Å²) in [6, 6.07) is 12.4. The lowest BCUT2D eigenvalue weighted by Crippen LogP contribution is -2.47. The van der Waals surface area contributed by atoms with E-state index in [0.29, 0.717) is 10.0 Å². The van der Waals surface area contributed by atoms with Crippen LogP contribution in [0, 0.1) is 6.92 Å². The van der Waals surface area contributed by atoms with Gasteiger partial charge >= 0.3 is 0 Å². The van der Waals surface area contributed by atoms with Crippen molar-refractivity contribution in [1.82, 2.24) is 10.2 Å². The minimum absolute atomic E-state index is 0.127. The summed E-state index contributed by atoms with van der Waals surface area (Å²) in [6.07, 6.45) is 0.227. The molecule has 0 spiro atoms. The first kappa shape index (κ1) is 20.3. The van der Waals surface area contributed by atoms with Gasteiger partial charge < -0.3 is 10.2 Å². The first-order valence-electron chi connectivity index (χ1n) is 8.32. The van der Waals surface area contributed by atoms with E-state index in [1.807, 2.05) is 31.2 Å². The van der Waals surface area contributed by atoms with Gasteiger partial charge in [0.2, 0.25) is 11.8 Å². The lowest BCUT2D eigenvalue weighted by Gasteiger charge is -2.28. The summed E-state index contributed by atoms with van der Waals surface area (Å²) in [5.74, 6) is -0.347. The largest absolute Gasteiger partial charge is 0.357 e. The van der Waals surface area contributed by atoms with Crippen LogP contribution >= 0.6 is 23.2 Å². The molecule has 1 N–H and O–H groups in total. The van der Waals surface area contributed by atoms with Gasteiger partial charge in [0.15, 0.2) is 0 Å². The summed E-state index contributed by atoms with van der Waals surface area (Å²) < 4.78 is 0. The normalized spacial score (nSPS) is 11.7. The number of hydrogen-bond donors (Lipinski definition) is 1. The number of carbonyl (C=O) groups is 2. The highest BCUT2D eigenvalue weighted by Gasteiger charge is 2.25. The van der Waals surface area contributed by atoms with Gasteiger partial charge in [-0.15, -0.1) is 0 Å². The van der Waals surface area contributed by atoms with E-state index in [2.05, 4.69) is 5.32 Å². The maximum absolute atomic E-state index is 12.9. The lowest BCUT2D eigenvalue weighted by molar-refractivity contribution is -0.139. The molecule has 2 aromatic carbocycles. The molecular formula is C20H22Cl2N2O2. The number of aryl methyl sites for hydroxylation is 1. The van der Waals surface area contributed by atoms with Gasteiger partial charge in [0.25, 0.3) is 0 Å². The summed E-state index contributed by atoms with van der Waals surface area (Å²) >= 11 is 12.0. The van der Waals surface area contributed by atoms with Gasteiger partial charge in [-0.05, 0) is 37.1 Å². The minimum Gasteiger partial charge on any atom is -0.357 e. The van der Waals surface area contributed by atoms with Crippen LogP contribution in [0.4, 0.5) is 0 Å². The van der Waals surface area contributed by atoms with E-state index in [1.54, 1.807) is 37.1 Å². The third kappa shape index (κ3) is 5.23. The van der Waals surface area contributed by atoms with E-state index in [-0.39, 0.29) is 24.8 Å². The molecule has 0 radical (unpaired) electrons. The van der Waals surface area contributed by atoms with Crippen molar-refractivity contribution in [3.63, 3.8) is 0 Å². The number of amides is 2. The Balaban J connectivity index is 2.26. The van der Waals surface area contributed by atoms with Crippen molar-refractivity contribution >= 4 is 35.0 Å². The maximum atomic E-state index is 12.9. The number of hydrogen-bond acceptors (Lipinski definition) is 2. The number of likely N-dealkylation sites (N-methyl/N-ethyl adjacent to an activating group) is 1. The predicted molar refractivity (Wildman–Crippen MR) is 105 cm³/mol. The summed E-state index contributed by atoms with van der Waals surface area (Å²) in [4.78, 5) is 26.6. The Kier molecular flexibility index (Phi) is 7.06. The van der Waals surface area contributed by atoms with Gasteiger partial charge in [0.1, 0.15) is 6.04 Å². The molecule has 0 aliphatic rings. The molecule has 26 heavy (non-hydrogen) atoms. The van der Waals surface area contributed by atoms with E-state index >= 15 is 0 Å². The molecule has 2 aromatic rings. The SMILES string of the molecule is CNC(=O)[C@H](C)N(Cc1ccc(Cl)c(Cl)c1)C(=O)Cc1cccc(C)c1. The second kappa shape index (κ2) is 9.06. The van der Waals surface area contributed by atoms with E-state index in [9.17, 15) is 9.59 Å². The van der Waals surface area contributed by atoms with Gasteiger partial charge in [0, 0.05) is 13.6 Å². The average molecular weight is 393 g/mol. The van der Waals surface area contributed by atoms with Crippen LogP contribution in [-0.2, 0) is 22.6 Å². The number of benzene rings is 2. The van der Waals surface area contributed by atoms with Gasteiger partial charge in [-0.2, -0.15) is 0 Å². The Labute approximate surface area is 164 Å². The molecular weight excluding hydrogens is 371 g/mol. The fraction of sp³-hybridized carbons (Fsp3) is 0.300. The molecule has 138 valence electrons. The molecule has 0 aromatic heterocycles. The molecule has 0 heterocycles. The quantitative estimate of drug-likeness (QED) is 0.806. The summed E-state index contributed by atoms with van der Waals surface area (Å²) in [7, 11) is 1.56. The molecule has 2 amide bonds. The van der Waals surface area contributed by atoms with Crippen molar-refractivity contribution in [3.05, 3.63) is 69.2 Å². The van der Waals surface area contributed by atoms with Crippen molar-refractivity contribution < 1.29 is 9.59 Å². The molecule has 6 heteroatoms. The summed E-state index contributed by atoms with van der Waals surface area (Å²) in [6.45, 7) is 3.97. The Morgan fingerprint density at radius 3 is 2.42 bits per heavy atom. The monoisotopic (exact) mass is 392 g/mol. The zero-order valence-corrected chi connectivity index (χ0v) is 16.6. The Morgan fingerprint density at radius 1 is 1.08 bits per heavy atom. The van der Waals surface area contributed by atoms with Crippen molar-refractivity contribution in [3.8, 4) is 0 Å². The predicted octanol–water partition coefficient (Wildman–Crippen LogP) is 4.01. The molecule has 0 fully saturated rings. The minimum atomic E-state index is -0.605. The zero-order valence-electron chi connectivity index (χ0n) is 15.1. The van der Waals surface area contributed by atoms with E-state index in [1.165, 1.54) is 0 Å². The highest BCUT2D eigenvalue weighted by molar-refractivity contribution is 6.42. The van der Waals surface area contributed by atoms with Crippen LogP contribution in [0.25, 0.3) is 0 Å². The summed E-state index contributed by atoms with van der Waals surface area (Å²) in [5.41, 5.74) is 2.82. The molecule has 0 unspecified atom stereocenters. The van der Waals surface area contributed by atoms with Crippen molar-refractivity contribution in [2.24, 2.45) is 0 Å².